The first-order chi connectivity index (χ1) is 20.6. The monoisotopic (exact) mass is 713 g/mol. The van der Waals surface area contributed by atoms with Crippen LogP contribution in [-0.2, 0) is 19.1 Å². The van der Waals surface area contributed by atoms with E-state index in [9.17, 15) is 19.2 Å². The van der Waals surface area contributed by atoms with Crippen molar-refractivity contribution in [2.75, 3.05) is 40.3 Å². The van der Waals surface area contributed by atoms with E-state index in [-0.39, 0.29) is 75.7 Å². The molecule has 2 aromatic rings. The van der Waals surface area contributed by atoms with Crippen LogP contribution >= 0.6 is 0 Å². The molecule has 0 aliphatic carbocycles. The van der Waals surface area contributed by atoms with Crippen molar-refractivity contribution in [1.82, 2.24) is 14.9 Å². The van der Waals surface area contributed by atoms with Gasteiger partial charge < -0.3 is 36.3 Å². The number of halogens is 1. The van der Waals surface area contributed by atoms with E-state index >= 15 is 0 Å². The Morgan fingerprint density at radius 1 is 0.761 bits per heavy atom. The smallest absolute Gasteiger partial charge is 1.00 e. The number of carbonyl (C=O) groups excluding carboxylic acids is 4. The van der Waals surface area contributed by atoms with Crippen LogP contribution in [0.2, 0.25) is 0 Å². The average molecular weight is 715 g/mol. The van der Waals surface area contributed by atoms with Crippen LogP contribution < -0.4 is 17.0 Å². The number of nitrogens with zero attached hydrogens (tertiary/aromatic N) is 3. The van der Waals surface area contributed by atoms with E-state index in [1.54, 1.807) is 16.8 Å². The van der Waals surface area contributed by atoms with E-state index in [1.807, 2.05) is 102 Å². The second-order valence-electron chi connectivity index (χ2n) is 12.6. The molecular weight excluding hydrogens is 667 g/mol. The molecule has 0 bridgehead atoms. The molecule has 12 heteroatoms. The minimum Gasteiger partial charge on any atom is -1.00 e. The van der Waals surface area contributed by atoms with Gasteiger partial charge in [-0.3, -0.25) is 14.4 Å². The van der Waals surface area contributed by atoms with Crippen molar-refractivity contribution in [1.29, 1.82) is 0 Å². The van der Waals surface area contributed by atoms with Crippen molar-refractivity contribution in [3.05, 3.63) is 72.3 Å². The van der Waals surface area contributed by atoms with Crippen LogP contribution in [0.15, 0.2) is 60.7 Å². The fraction of sp³-hybridized carbons (Fsp3) is 0.529. The van der Waals surface area contributed by atoms with Gasteiger partial charge in [0.05, 0.1) is 13.0 Å². The number of ether oxygens (including phenoxy) is 2. The van der Waals surface area contributed by atoms with Gasteiger partial charge in [0, 0.05) is 44.7 Å². The fourth-order valence-corrected chi connectivity index (χ4v) is 4.45. The third kappa shape index (κ3) is 15.7. The summed E-state index contributed by atoms with van der Waals surface area (Å²) in [6.45, 7) is 13.0. The number of rotatable bonds is 4. The molecule has 2 saturated heterocycles. The molecule has 250 valence electrons. The summed E-state index contributed by atoms with van der Waals surface area (Å²) in [5, 5.41) is 1.20. The molecule has 10 nitrogen and oxygen atoms in total. The van der Waals surface area contributed by atoms with Gasteiger partial charge in [0.25, 0.3) is 5.91 Å². The number of carbonyl (C=O) groups is 4. The van der Waals surface area contributed by atoms with Crippen molar-refractivity contribution in [3.8, 4) is 0 Å². The Hall–Kier alpha value is -2.67. The first-order valence-electron chi connectivity index (χ1n) is 14.9. The molecular formula is C34H48BrMgN3O7. The fourth-order valence-electron chi connectivity index (χ4n) is 4.45. The van der Waals surface area contributed by atoms with Gasteiger partial charge >= 0.3 is 35.2 Å². The van der Waals surface area contributed by atoms with Crippen LogP contribution in [0.25, 0.3) is 0 Å². The zero-order valence-electron chi connectivity index (χ0n) is 28.5. The van der Waals surface area contributed by atoms with Gasteiger partial charge in [0.2, 0.25) is 0 Å². The predicted octanol–water partition coefficient (Wildman–Crippen LogP) is 2.50. The van der Waals surface area contributed by atoms with Crippen LogP contribution in [0.4, 0.5) is 9.59 Å². The molecule has 0 aromatic heterocycles. The Morgan fingerprint density at radius 2 is 1.20 bits per heavy atom. The molecule has 2 atom stereocenters. The standard InChI is InChI=1S/C16H21NO3.C12H22N2O4.C6H5.BrH.Mg/c1-16(2,3)20-15(19)17-10-9-13(11-17)14(18)12-7-5-4-6-8-12;1-12(2,3)18-11(16)14-7-6-9(8-14)10(15)13(4)17-5;1-2-4-6-5-3-1;;/h4-8,13H,9-11H2,1-3H3;9H,6-8H2,1-5H3;1-5H;1H;/q;;-1;;+2/p-1/t13-;9-;;;/m00.../s1. The van der Waals surface area contributed by atoms with Crippen LogP contribution in [0.3, 0.4) is 0 Å². The zero-order valence-corrected chi connectivity index (χ0v) is 31.5. The summed E-state index contributed by atoms with van der Waals surface area (Å²) < 4.78 is 10.6. The van der Waals surface area contributed by atoms with E-state index in [2.05, 4.69) is 6.07 Å². The number of likely N-dealkylation sites (tertiary alicyclic amines) is 2. The largest absolute Gasteiger partial charge is 2.00 e. The normalized spacial score (nSPS) is 17.0. The molecule has 2 aliphatic rings. The molecule has 2 fully saturated rings. The summed E-state index contributed by atoms with van der Waals surface area (Å²) in [4.78, 5) is 56.0. The SMILES string of the molecule is CC(C)(C)OC(=O)N1CC[C@H](C(=O)c2ccccc2)C1.CON(C)C(=O)[C@H]1CCN(C(=O)OC(C)(C)C)C1.[Br-].[Mg+2].[c-]1ccccc1. The minimum atomic E-state index is -0.511. The van der Waals surface area contributed by atoms with Gasteiger partial charge in [-0.2, -0.15) is 36.4 Å². The zero-order chi connectivity index (χ0) is 32.9. The van der Waals surface area contributed by atoms with Gasteiger partial charge in [0.1, 0.15) is 11.2 Å². The van der Waals surface area contributed by atoms with Crippen molar-refractivity contribution < 1.29 is 50.5 Å². The quantitative estimate of drug-likeness (QED) is 0.208. The predicted molar refractivity (Wildman–Crippen MR) is 173 cm³/mol. The molecule has 2 aliphatic heterocycles. The van der Waals surface area contributed by atoms with Crippen LogP contribution in [0, 0.1) is 17.9 Å². The summed E-state index contributed by atoms with van der Waals surface area (Å²) in [5.41, 5.74) is -0.301. The first-order valence-corrected chi connectivity index (χ1v) is 14.9. The van der Waals surface area contributed by atoms with E-state index in [0.717, 1.165) is 0 Å². The topological polar surface area (TPSA) is 106 Å². The summed E-state index contributed by atoms with van der Waals surface area (Å²) in [6, 6.07) is 21.7. The van der Waals surface area contributed by atoms with Gasteiger partial charge in [-0.25, -0.2) is 14.7 Å². The molecule has 3 amide bonds. The number of Topliss-reactive ketones (excluding diaryl/α,β-unsaturated/α-hetero) is 1. The van der Waals surface area contributed by atoms with E-state index < -0.39 is 11.2 Å². The molecule has 0 N–H and O–H groups in total. The molecule has 4 rings (SSSR count). The van der Waals surface area contributed by atoms with Crippen LogP contribution in [0.5, 0.6) is 0 Å². The Kier molecular flexibility index (Phi) is 19.3. The molecule has 46 heavy (non-hydrogen) atoms. The molecule has 0 saturated carbocycles. The van der Waals surface area contributed by atoms with Gasteiger partial charge in [0.15, 0.2) is 5.78 Å². The number of ketones is 1. The van der Waals surface area contributed by atoms with Crippen molar-refractivity contribution >= 4 is 46.9 Å². The van der Waals surface area contributed by atoms with Gasteiger partial charge in [-0.15, -0.1) is 0 Å². The molecule has 2 heterocycles. The number of benzene rings is 2. The summed E-state index contributed by atoms with van der Waals surface area (Å²) in [6.07, 6.45) is 0.650. The third-order valence-corrected chi connectivity index (χ3v) is 6.65. The maximum Gasteiger partial charge on any atom is 2.00 e. The van der Waals surface area contributed by atoms with Crippen LogP contribution in [0.1, 0.15) is 64.7 Å². The number of amides is 3. The Balaban J connectivity index is 0.000000720. The Labute approximate surface area is 301 Å². The number of hydroxylamine groups is 2. The molecule has 0 radical (unpaired) electrons. The van der Waals surface area contributed by atoms with Crippen molar-refractivity contribution in [2.45, 2.75) is 65.6 Å². The van der Waals surface area contributed by atoms with Crippen LogP contribution in [-0.4, -0.2) is 113 Å². The maximum atomic E-state index is 12.3. The van der Waals surface area contributed by atoms with Gasteiger partial charge in [-0.05, 0) is 54.4 Å². The van der Waals surface area contributed by atoms with E-state index in [1.165, 1.54) is 12.2 Å². The maximum absolute atomic E-state index is 12.3. The average Bonchev–Trinajstić information content (AvgIpc) is 3.68. The van der Waals surface area contributed by atoms with Crippen molar-refractivity contribution in [2.24, 2.45) is 11.8 Å². The number of hydrogen-bond acceptors (Lipinski definition) is 7. The molecule has 2 aromatic carbocycles. The summed E-state index contributed by atoms with van der Waals surface area (Å²) in [7, 11) is 3.01. The summed E-state index contributed by atoms with van der Waals surface area (Å²) in [5.74, 6) is -0.326. The van der Waals surface area contributed by atoms with Gasteiger partial charge in [-0.1, -0.05) is 30.3 Å². The Morgan fingerprint density at radius 3 is 1.59 bits per heavy atom. The summed E-state index contributed by atoms with van der Waals surface area (Å²) >= 11 is 0. The minimum absolute atomic E-state index is 0. The van der Waals surface area contributed by atoms with E-state index in [0.29, 0.717) is 44.6 Å². The molecule has 0 unspecified atom stereocenters. The molecule has 0 spiro atoms. The number of hydrogen-bond donors (Lipinski definition) is 0. The second kappa shape index (κ2) is 20.5. The van der Waals surface area contributed by atoms with E-state index in [4.69, 9.17) is 14.3 Å². The first kappa shape index (κ1) is 43.3. The Bertz CT molecular complexity index is 1180. The third-order valence-electron chi connectivity index (χ3n) is 6.65. The van der Waals surface area contributed by atoms with Crippen molar-refractivity contribution in [3.63, 3.8) is 0 Å². The second-order valence-corrected chi connectivity index (χ2v) is 12.6.